The normalized spacial score (nSPS) is 11.1. The number of ether oxygens (including phenoxy) is 1. The van der Waals surface area contributed by atoms with Crippen molar-refractivity contribution >= 4 is 23.2 Å². The number of aryl methyl sites for hydroxylation is 1. The zero-order valence-corrected chi connectivity index (χ0v) is 15.1. The Kier molecular flexibility index (Phi) is 6.61. The Hall–Kier alpha value is -3.10. The summed E-state index contributed by atoms with van der Waals surface area (Å²) in [6.45, 7) is 1.17. The van der Waals surface area contributed by atoms with Crippen molar-refractivity contribution in [2.24, 2.45) is 0 Å². The average Bonchev–Trinajstić information content (AvgIpc) is 2.60. The van der Waals surface area contributed by atoms with E-state index in [1.54, 1.807) is 6.07 Å². The second-order valence-electron chi connectivity index (χ2n) is 5.96. The predicted molar refractivity (Wildman–Crippen MR) is 95.7 cm³/mol. The van der Waals surface area contributed by atoms with Crippen LogP contribution in [0.3, 0.4) is 0 Å². The van der Waals surface area contributed by atoms with Gasteiger partial charge >= 0.3 is 6.18 Å². The summed E-state index contributed by atoms with van der Waals surface area (Å²) in [6.07, 6.45) is -4.73. The highest BCUT2D eigenvalue weighted by Gasteiger charge is 2.34. The molecule has 0 aromatic heterocycles. The number of alkyl halides is 3. The lowest BCUT2D eigenvalue weighted by molar-refractivity contribution is -0.137. The fourth-order valence-corrected chi connectivity index (χ4v) is 2.50. The van der Waals surface area contributed by atoms with Gasteiger partial charge in [-0.05, 0) is 42.3 Å². The van der Waals surface area contributed by atoms with Crippen molar-refractivity contribution < 1.29 is 31.9 Å². The molecule has 2 rings (SSSR count). The highest BCUT2D eigenvalue weighted by atomic mass is 19.4. The fraction of sp³-hybridized carbons (Fsp3) is 0.263. The van der Waals surface area contributed by atoms with Crippen LogP contribution >= 0.6 is 0 Å². The van der Waals surface area contributed by atoms with E-state index >= 15 is 0 Å². The molecular weight excluding hydrogens is 380 g/mol. The number of methoxy groups -OCH3 is 1. The Bertz CT molecular complexity index is 882. The van der Waals surface area contributed by atoms with Gasteiger partial charge in [-0.3, -0.25) is 9.59 Å². The summed E-state index contributed by atoms with van der Waals surface area (Å²) < 4.78 is 58.2. The second-order valence-corrected chi connectivity index (χ2v) is 5.96. The van der Waals surface area contributed by atoms with Crippen LogP contribution in [0.4, 0.5) is 28.9 Å². The van der Waals surface area contributed by atoms with Crippen LogP contribution in [0.2, 0.25) is 0 Å². The van der Waals surface area contributed by atoms with Gasteiger partial charge in [-0.1, -0.05) is 6.07 Å². The zero-order valence-electron chi connectivity index (χ0n) is 15.1. The summed E-state index contributed by atoms with van der Waals surface area (Å²) in [5, 5.41) is 4.48. The molecule has 0 unspecified atom stereocenters. The number of nitrogens with one attached hydrogen (secondary N) is 2. The quantitative estimate of drug-likeness (QED) is 0.710. The molecule has 5 nitrogen and oxygen atoms in total. The standard InChI is InChI=1S/C19H18F4N2O3/c1-11(26)24-13-5-6-16(14(10-13)19(21,22)23)25-18(27)8-4-12-3-7-17(28-2)15(20)9-12/h3,5-7,9-10H,4,8H2,1-2H3,(H,24,26)(H,25,27). The SMILES string of the molecule is COc1ccc(CCC(=O)Nc2ccc(NC(C)=O)cc2C(F)(F)F)cc1F. The molecule has 0 radical (unpaired) electrons. The Balaban J connectivity index is 2.10. The summed E-state index contributed by atoms with van der Waals surface area (Å²) in [5.41, 5.74) is -1.04. The van der Waals surface area contributed by atoms with Gasteiger partial charge in [0.1, 0.15) is 0 Å². The van der Waals surface area contributed by atoms with Crippen LogP contribution < -0.4 is 15.4 Å². The van der Waals surface area contributed by atoms with Gasteiger partial charge in [-0.25, -0.2) is 4.39 Å². The van der Waals surface area contributed by atoms with E-state index in [-0.39, 0.29) is 24.3 Å². The molecule has 2 aromatic rings. The molecule has 2 N–H and O–H groups in total. The number of benzene rings is 2. The topological polar surface area (TPSA) is 67.4 Å². The largest absolute Gasteiger partial charge is 0.494 e. The third kappa shape index (κ3) is 5.70. The number of hydrogen-bond donors (Lipinski definition) is 2. The minimum Gasteiger partial charge on any atom is -0.494 e. The molecule has 0 saturated heterocycles. The number of rotatable bonds is 6. The predicted octanol–water partition coefficient (Wildman–Crippen LogP) is 4.38. The van der Waals surface area contributed by atoms with Crippen molar-refractivity contribution in [1.29, 1.82) is 0 Å². The molecule has 9 heteroatoms. The maximum absolute atomic E-state index is 13.7. The number of halogens is 4. The lowest BCUT2D eigenvalue weighted by Crippen LogP contribution is -2.17. The third-order valence-electron chi connectivity index (χ3n) is 3.78. The first-order valence-corrected chi connectivity index (χ1v) is 8.21. The Morgan fingerprint density at radius 2 is 1.79 bits per heavy atom. The van der Waals surface area contributed by atoms with Crippen molar-refractivity contribution in [1.82, 2.24) is 0 Å². The molecule has 0 spiro atoms. The van der Waals surface area contributed by atoms with Gasteiger partial charge < -0.3 is 15.4 Å². The molecule has 0 atom stereocenters. The van der Waals surface area contributed by atoms with E-state index in [2.05, 4.69) is 10.6 Å². The Morgan fingerprint density at radius 1 is 1.07 bits per heavy atom. The van der Waals surface area contributed by atoms with Crippen LogP contribution in [-0.4, -0.2) is 18.9 Å². The molecule has 2 amide bonds. The van der Waals surface area contributed by atoms with E-state index in [1.165, 1.54) is 32.2 Å². The van der Waals surface area contributed by atoms with Gasteiger partial charge in [-0.2, -0.15) is 13.2 Å². The van der Waals surface area contributed by atoms with Crippen molar-refractivity contribution in [3.05, 3.63) is 53.3 Å². The van der Waals surface area contributed by atoms with Crippen LogP contribution in [0.25, 0.3) is 0 Å². The smallest absolute Gasteiger partial charge is 0.418 e. The molecule has 150 valence electrons. The van der Waals surface area contributed by atoms with Crippen molar-refractivity contribution in [3.8, 4) is 5.75 Å². The summed E-state index contributed by atoms with van der Waals surface area (Å²) in [7, 11) is 1.32. The average molecular weight is 398 g/mol. The van der Waals surface area contributed by atoms with E-state index in [4.69, 9.17) is 4.74 Å². The molecule has 0 aliphatic heterocycles. The molecular formula is C19H18F4N2O3. The highest BCUT2D eigenvalue weighted by molar-refractivity contribution is 5.93. The van der Waals surface area contributed by atoms with E-state index < -0.39 is 35.1 Å². The Labute approximate surface area is 158 Å². The summed E-state index contributed by atoms with van der Waals surface area (Å²) >= 11 is 0. The fourth-order valence-electron chi connectivity index (χ4n) is 2.50. The van der Waals surface area contributed by atoms with Crippen LogP contribution in [0.15, 0.2) is 36.4 Å². The lowest BCUT2D eigenvalue weighted by atomic mass is 10.1. The van der Waals surface area contributed by atoms with Gasteiger partial charge in [0.05, 0.1) is 18.4 Å². The maximum Gasteiger partial charge on any atom is 0.418 e. The zero-order chi connectivity index (χ0) is 20.9. The van der Waals surface area contributed by atoms with Crippen LogP contribution in [0.1, 0.15) is 24.5 Å². The second kappa shape index (κ2) is 8.73. The number of anilines is 2. The molecule has 0 fully saturated rings. The first-order valence-electron chi connectivity index (χ1n) is 8.21. The van der Waals surface area contributed by atoms with Gasteiger partial charge in [0, 0.05) is 19.0 Å². The van der Waals surface area contributed by atoms with Gasteiger partial charge in [0.2, 0.25) is 11.8 Å². The minimum absolute atomic E-state index is 0.0356. The van der Waals surface area contributed by atoms with E-state index in [9.17, 15) is 27.2 Å². The van der Waals surface area contributed by atoms with E-state index in [0.29, 0.717) is 5.56 Å². The summed E-state index contributed by atoms with van der Waals surface area (Å²) in [4.78, 5) is 23.1. The first-order chi connectivity index (χ1) is 13.1. The monoisotopic (exact) mass is 398 g/mol. The molecule has 0 bridgehead atoms. The number of carbonyl (C=O) groups is 2. The highest BCUT2D eigenvalue weighted by Crippen LogP contribution is 2.36. The molecule has 0 saturated carbocycles. The number of hydrogen-bond acceptors (Lipinski definition) is 3. The number of carbonyl (C=O) groups excluding carboxylic acids is 2. The molecule has 28 heavy (non-hydrogen) atoms. The minimum atomic E-state index is -4.73. The number of amides is 2. The maximum atomic E-state index is 13.7. The molecule has 0 aliphatic carbocycles. The van der Waals surface area contributed by atoms with Crippen molar-refractivity contribution in [3.63, 3.8) is 0 Å². The summed E-state index contributed by atoms with van der Waals surface area (Å²) in [6, 6.07) is 7.25. The van der Waals surface area contributed by atoms with Crippen molar-refractivity contribution in [2.75, 3.05) is 17.7 Å². The molecule has 0 heterocycles. The molecule has 0 aliphatic rings. The van der Waals surface area contributed by atoms with Crippen molar-refractivity contribution in [2.45, 2.75) is 25.9 Å². The lowest BCUT2D eigenvalue weighted by Gasteiger charge is -2.15. The van der Waals surface area contributed by atoms with Crippen LogP contribution in [-0.2, 0) is 22.2 Å². The van der Waals surface area contributed by atoms with Gasteiger partial charge in [-0.15, -0.1) is 0 Å². The van der Waals surface area contributed by atoms with Crippen LogP contribution in [0, 0.1) is 5.82 Å². The van der Waals surface area contributed by atoms with Crippen LogP contribution in [0.5, 0.6) is 5.75 Å². The van der Waals surface area contributed by atoms with Gasteiger partial charge in [0.15, 0.2) is 11.6 Å². The third-order valence-corrected chi connectivity index (χ3v) is 3.78. The van der Waals surface area contributed by atoms with E-state index in [0.717, 1.165) is 12.1 Å². The molecule has 2 aromatic carbocycles. The summed E-state index contributed by atoms with van der Waals surface area (Å²) in [5.74, 6) is -1.71. The van der Waals surface area contributed by atoms with E-state index in [1.807, 2.05) is 0 Å². The first kappa shape index (κ1) is 21.2. The Morgan fingerprint density at radius 3 is 2.36 bits per heavy atom. The van der Waals surface area contributed by atoms with Gasteiger partial charge in [0.25, 0.3) is 0 Å².